The molecule has 0 saturated carbocycles. The number of hydrogen-bond acceptors (Lipinski definition) is 8. The lowest BCUT2D eigenvalue weighted by Gasteiger charge is -2.10. The largest absolute Gasteiger partial charge is 0.861 e. The monoisotopic (exact) mass is 360 g/mol. The van der Waals surface area contributed by atoms with E-state index in [9.17, 15) is 10.4 Å². The highest BCUT2D eigenvalue weighted by molar-refractivity contribution is 7.99. The number of unbranched alkanes of at least 4 members (excludes halogenated alkanes) is 1. The van der Waals surface area contributed by atoms with Crippen LogP contribution in [0.15, 0.2) is 32.9 Å². The van der Waals surface area contributed by atoms with E-state index in [2.05, 4.69) is 28.2 Å². The lowest BCUT2D eigenvalue weighted by Crippen LogP contribution is -2.53. The summed E-state index contributed by atoms with van der Waals surface area (Å²) in [4.78, 5) is 9.77. The molecule has 2 rings (SSSR count). The first kappa shape index (κ1) is 18.7. The van der Waals surface area contributed by atoms with E-state index < -0.39 is 0 Å². The van der Waals surface area contributed by atoms with E-state index in [1.807, 2.05) is 6.07 Å². The number of aromatic nitrogens is 3. The maximum absolute atomic E-state index is 12.0. The topological polar surface area (TPSA) is 105 Å². The second-order valence-electron chi connectivity index (χ2n) is 5.47. The van der Waals surface area contributed by atoms with Crippen LogP contribution in [0.4, 0.5) is 5.88 Å². The first-order valence-corrected chi connectivity index (χ1v) is 8.85. The maximum atomic E-state index is 12.0. The van der Waals surface area contributed by atoms with Crippen molar-refractivity contribution in [1.29, 1.82) is 5.26 Å². The van der Waals surface area contributed by atoms with E-state index in [-0.39, 0.29) is 17.5 Å². The molecule has 0 unspecified atom stereocenters. The predicted octanol–water partition coefficient (Wildman–Crippen LogP) is 0.952. The number of pyridine rings is 1. The van der Waals surface area contributed by atoms with E-state index in [4.69, 9.17) is 4.52 Å². The highest BCUT2D eigenvalue weighted by Gasteiger charge is 2.12. The molecule has 0 aromatic carbocycles. The zero-order chi connectivity index (χ0) is 18.2. The summed E-state index contributed by atoms with van der Waals surface area (Å²) >= 11 is 1.20. The van der Waals surface area contributed by atoms with Crippen LogP contribution in [0.3, 0.4) is 0 Å². The molecule has 0 fully saturated rings. The second kappa shape index (κ2) is 9.03. The third-order valence-corrected chi connectivity index (χ3v) is 4.22. The van der Waals surface area contributed by atoms with Gasteiger partial charge in [0, 0.05) is 11.4 Å². The first-order chi connectivity index (χ1) is 12.0. The molecule has 0 saturated heterocycles. The van der Waals surface area contributed by atoms with Crippen LogP contribution in [-0.4, -0.2) is 36.0 Å². The number of nitrogens with zero attached hydrogens (tertiary/aromatic N) is 6. The first-order valence-electron chi connectivity index (χ1n) is 7.87. The summed E-state index contributed by atoms with van der Waals surface area (Å²) in [5.41, 5.74) is 1.39. The summed E-state index contributed by atoms with van der Waals surface area (Å²) in [5, 5.41) is 27.2. The quantitative estimate of drug-likeness (QED) is 0.299. The lowest BCUT2D eigenvalue weighted by molar-refractivity contribution is -0.753. The summed E-state index contributed by atoms with van der Waals surface area (Å²) in [6.45, 7) is 2.11. The van der Waals surface area contributed by atoms with Gasteiger partial charge in [0.15, 0.2) is 0 Å². The van der Waals surface area contributed by atoms with Crippen molar-refractivity contribution in [2.75, 3.05) is 24.9 Å². The normalized spacial score (nSPS) is 11.4. The molecule has 0 amide bonds. The summed E-state index contributed by atoms with van der Waals surface area (Å²) in [6, 6.07) is 5.71. The fraction of sp³-hybridized carbons (Fsp3) is 0.438. The standard InChI is InChI=1S/C16H20N6O2S/c1-4-5-6-13-8-7-12(9-17)16(18-13)25-11-14(23)19-15-10-22(20-24-15)21(2)3/h7-8,10H,4-6,11H2,1-3H3. The third kappa shape index (κ3) is 5.46. The van der Waals surface area contributed by atoms with Crippen LogP contribution >= 0.6 is 11.8 Å². The van der Waals surface area contributed by atoms with Crippen LogP contribution < -0.4 is 14.9 Å². The number of hydrogen-bond donors (Lipinski definition) is 0. The molecule has 0 aliphatic heterocycles. The van der Waals surface area contributed by atoms with Gasteiger partial charge < -0.3 is 5.11 Å². The van der Waals surface area contributed by atoms with Crippen LogP contribution in [-0.2, 0) is 6.42 Å². The Labute approximate surface area is 150 Å². The van der Waals surface area contributed by atoms with Crippen LogP contribution in [0, 0.1) is 11.3 Å². The molecule has 0 N–H and O–H groups in total. The Balaban J connectivity index is 2.05. The van der Waals surface area contributed by atoms with Crippen molar-refractivity contribution in [3.05, 3.63) is 29.6 Å². The summed E-state index contributed by atoms with van der Waals surface area (Å²) in [6.07, 6.45) is 4.48. The molecule has 0 aliphatic rings. The van der Waals surface area contributed by atoms with Crippen molar-refractivity contribution >= 4 is 23.5 Å². The van der Waals surface area contributed by atoms with Crippen molar-refractivity contribution in [2.45, 2.75) is 31.2 Å². The van der Waals surface area contributed by atoms with Gasteiger partial charge in [0.2, 0.25) is 5.27 Å². The van der Waals surface area contributed by atoms with Gasteiger partial charge in [-0.25, -0.2) is 9.98 Å². The fourth-order valence-corrected chi connectivity index (χ4v) is 2.70. The fourth-order valence-electron chi connectivity index (χ4n) is 1.92. The molecule has 132 valence electrons. The van der Waals surface area contributed by atoms with Crippen molar-refractivity contribution in [2.24, 2.45) is 4.99 Å². The van der Waals surface area contributed by atoms with Crippen molar-refractivity contribution in [3.8, 4) is 6.07 Å². The van der Waals surface area contributed by atoms with Gasteiger partial charge in [-0.05, 0) is 30.9 Å². The number of thioether (sulfide) groups is 1. The Morgan fingerprint density at radius 3 is 2.92 bits per heavy atom. The lowest BCUT2D eigenvalue weighted by atomic mass is 10.2. The Bertz CT molecular complexity index is 781. The van der Waals surface area contributed by atoms with Gasteiger partial charge in [0.05, 0.1) is 24.4 Å². The smallest absolute Gasteiger partial charge is 0.324 e. The minimum absolute atomic E-state index is 0.0710. The molecule has 2 aromatic heterocycles. The van der Waals surface area contributed by atoms with E-state index in [1.54, 1.807) is 25.2 Å². The number of aryl methyl sites for hydroxylation is 1. The van der Waals surface area contributed by atoms with Crippen LogP contribution in [0.2, 0.25) is 0 Å². The zero-order valence-electron chi connectivity index (χ0n) is 14.5. The molecule has 0 radical (unpaired) electrons. The van der Waals surface area contributed by atoms with Crippen molar-refractivity contribution < 1.29 is 14.4 Å². The number of nitriles is 1. The molecule has 0 spiro atoms. The van der Waals surface area contributed by atoms with Crippen LogP contribution in [0.5, 0.6) is 0 Å². The van der Waals surface area contributed by atoms with Crippen molar-refractivity contribution in [3.63, 3.8) is 0 Å². The number of aliphatic imine (C=N–C) groups is 1. The highest BCUT2D eigenvalue weighted by atomic mass is 32.2. The molecule has 9 heteroatoms. The average Bonchev–Trinajstić information content (AvgIpc) is 3.07. The van der Waals surface area contributed by atoms with E-state index in [0.29, 0.717) is 10.6 Å². The highest BCUT2D eigenvalue weighted by Crippen LogP contribution is 2.21. The summed E-state index contributed by atoms with van der Waals surface area (Å²) in [7, 11) is 3.56. The average molecular weight is 360 g/mol. The van der Waals surface area contributed by atoms with E-state index >= 15 is 0 Å². The van der Waals surface area contributed by atoms with Gasteiger partial charge in [-0.3, -0.25) is 4.52 Å². The molecule has 0 aliphatic carbocycles. The zero-order valence-corrected chi connectivity index (χ0v) is 15.3. The van der Waals surface area contributed by atoms with Crippen molar-refractivity contribution in [1.82, 2.24) is 10.3 Å². The molecular weight excluding hydrogens is 340 g/mol. The van der Waals surface area contributed by atoms with Gasteiger partial charge in [-0.1, -0.05) is 25.1 Å². The summed E-state index contributed by atoms with van der Waals surface area (Å²) in [5.74, 6) is -0.178. The van der Waals surface area contributed by atoms with Gasteiger partial charge in [0.1, 0.15) is 11.1 Å². The van der Waals surface area contributed by atoms with Gasteiger partial charge in [0.25, 0.3) is 6.20 Å². The SMILES string of the molecule is CCCCc1ccc(C#N)c(SC/C([O-])=N\c2c[n+](N(C)C)no2)n1. The molecular formula is C16H20N6O2S. The Hall–Kier alpha value is -2.60. The Morgan fingerprint density at radius 2 is 2.28 bits per heavy atom. The maximum Gasteiger partial charge on any atom is 0.324 e. The minimum atomic E-state index is -0.378. The van der Waals surface area contributed by atoms with Gasteiger partial charge >= 0.3 is 5.88 Å². The molecule has 0 atom stereocenters. The molecule has 2 aromatic rings. The molecule has 2 heterocycles. The van der Waals surface area contributed by atoms with Crippen LogP contribution in [0.1, 0.15) is 31.0 Å². The van der Waals surface area contributed by atoms with Gasteiger partial charge in [-0.15, -0.1) is 0 Å². The van der Waals surface area contributed by atoms with E-state index in [0.717, 1.165) is 25.0 Å². The Morgan fingerprint density at radius 1 is 1.48 bits per heavy atom. The molecule has 8 nitrogen and oxygen atoms in total. The van der Waals surface area contributed by atoms with E-state index in [1.165, 1.54) is 22.7 Å². The third-order valence-electron chi connectivity index (χ3n) is 3.25. The van der Waals surface area contributed by atoms with Crippen LogP contribution in [0.25, 0.3) is 0 Å². The Kier molecular flexibility index (Phi) is 6.77. The predicted molar refractivity (Wildman–Crippen MR) is 92.1 cm³/mol. The number of rotatable bonds is 8. The molecule has 0 bridgehead atoms. The second-order valence-corrected chi connectivity index (χ2v) is 6.44. The minimum Gasteiger partial charge on any atom is -0.861 e. The van der Waals surface area contributed by atoms with Gasteiger partial charge in [-0.2, -0.15) is 10.3 Å². The summed E-state index contributed by atoms with van der Waals surface area (Å²) < 4.78 is 4.96. The molecule has 25 heavy (non-hydrogen) atoms.